The summed E-state index contributed by atoms with van der Waals surface area (Å²) in [6.07, 6.45) is 9.02. The lowest BCUT2D eigenvalue weighted by atomic mass is 9.97. The predicted octanol–water partition coefficient (Wildman–Crippen LogP) is 3.69. The molecule has 2 amide bonds. The van der Waals surface area contributed by atoms with Crippen molar-refractivity contribution in [2.75, 3.05) is 18.9 Å². The third kappa shape index (κ3) is 8.90. The summed E-state index contributed by atoms with van der Waals surface area (Å²) < 4.78 is 5.12. The Morgan fingerprint density at radius 1 is 1.03 bits per heavy atom. The van der Waals surface area contributed by atoms with Crippen molar-refractivity contribution in [2.45, 2.75) is 69.2 Å². The molecule has 2 rings (SSSR count). The van der Waals surface area contributed by atoms with Crippen LogP contribution in [-0.4, -0.2) is 42.7 Å². The van der Waals surface area contributed by atoms with E-state index in [2.05, 4.69) is 10.6 Å². The number of rotatable bonds is 9. The third-order valence-corrected chi connectivity index (χ3v) is 5.92. The Balaban J connectivity index is 1.83. The summed E-state index contributed by atoms with van der Waals surface area (Å²) in [5, 5.41) is 5.80. The monoisotopic (exact) mass is 420 g/mol. The fraction of sp³-hybridized carbons (Fsp3) is 0.591. The second kappa shape index (κ2) is 13.2. The molecule has 1 saturated carbocycles. The molecule has 0 atom stereocenters. The van der Waals surface area contributed by atoms with Gasteiger partial charge < -0.3 is 15.4 Å². The summed E-state index contributed by atoms with van der Waals surface area (Å²) >= 11 is 1.32. The molecular formula is C22H32N2O4S. The quantitative estimate of drug-likeness (QED) is 0.470. The predicted molar refractivity (Wildman–Crippen MR) is 115 cm³/mol. The zero-order valence-corrected chi connectivity index (χ0v) is 18.0. The number of hydrogen-bond acceptors (Lipinski definition) is 5. The molecule has 1 aliphatic rings. The van der Waals surface area contributed by atoms with Crippen molar-refractivity contribution in [1.29, 1.82) is 0 Å². The van der Waals surface area contributed by atoms with Crippen LogP contribution in [0.5, 0.6) is 0 Å². The van der Waals surface area contributed by atoms with Gasteiger partial charge in [-0.2, -0.15) is 0 Å². The van der Waals surface area contributed by atoms with Crippen LogP contribution in [0.1, 0.15) is 68.6 Å². The Morgan fingerprint density at radius 3 is 2.45 bits per heavy atom. The molecular weight excluding hydrogens is 388 g/mol. The van der Waals surface area contributed by atoms with Gasteiger partial charge in [0.05, 0.1) is 11.3 Å². The maximum atomic E-state index is 12.4. The van der Waals surface area contributed by atoms with Crippen molar-refractivity contribution >= 4 is 29.5 Å². The Bertz CT molecular complexity index is 673. The van der Waals surface area contributed by atoms with E-state index in [1.807, 2.05) is 13.0 Å². The molecule has 29 heavy (non-hydrogen) atoms. The highest BCUT2D eigenvalue weighted by molar-refractivity contribution is 8.00. The largest absolute Gasteiger partial charge is 0.452 e. The molecule has 1 aromatic carbocycles. The zero-order valence-electron chi connectivity index (χ0n) is 17.2. The van der Waals surface area contributed by atoms with Gasteiger partial charge in [-0.15, -0.1) is 11.8 Å². The maximum absolute atomic E-state index is 12.4. The summed E-state index contributed by atoms with van der Waals surface area (Å²) in [6, 6.07) is 7.26. The van der Waals surface area contributed by atoms with Crippen LogP contribution in [-0.2, 0) is 14.3 Å². The van der Waals surface area contributed by atoms with Crippen LogP contribution in [0.4, 0.5) is 0 Å². The van der Waals surface area contributed by atoms with E-state index in [4.69, 9.17) is 4.74 Å². The lowest BCUT2D eigenvalue weighted by Gasteiger charge is -2.21. The van der Waals surface area contributed by atoms with E-state index in [-0.39, 0.29) is 30.2 Å². The molecule has 0 aromatic heterocycles. The average molecular weight is 421 g/mol. The number of hydrogen-bond donors (Lipinski definition) is 2. The van der Waals surface area contributed by atoms with Crippen LogP contribution in [0, 0.1) is 0 Å². The van der Waals surface area contributed by atoms with Crippen LogP contribution in [0.25, 0.3) is 0 Å². The van der Waals surface area contributed by atoms with Gasteiger partial charge in [-0.05, 0) is 31.4 Å². The van der Waals surface area contributed by atoms with E-state index < -0.39 is 5.97 Å². The standard InChI is InChI=1S/C22H32N2O4S/c1-2-14-23-20(25)15-28-22(27)18-12-8-9-13-19(18)29-16-21(26)24-17-10-6-4-3-5-7-11-17/h8-9,12-13,17H,2-7,10-11,14-16H2,1H3,(H,23,25)(H,24,26). The minimum Gasteiger partial charge on any atom is -0.452 e. The second-order valence-corrected chi connectivity index (χ2v) is 8.34. The second-order valence-electron chi connectivity index (χ2n) is 7.32. The van der Waals surface area contributed by atoms with Crippen LogP contribution < -0.4 is 10.6 Å². The minimum atomic E-state index is -0.555. The van der Waals surface area contributed by atoms with E-state index in [1.165, 1.54) is 43.9 Å². The summed E-state index contributed by atoms with van der Waals surface area (Å²) in [4.78, 5) is 37.0. The highest BCUT2D eigenvalue weighted by Gasteiger charge is 2.17. The molecule has 2 N–H and O–H groups in total. The number of carbonyl (C=O) groups excluding carboxylic acids is 3. The average Bonchev–Trinajstić information content (AvgIpc) is 2.71. The Kier molecular flexibility index (Phi) is 10.6. The molecule has 6 nitrogen and oxygen atoms in total. The fourth-order valence-corrected chi connectivity index (χ4v) is 4.15. The first-order chi connectivity index (χ1) is 14.1. The summed E-state index contributed by atoms with van der Waals surface area (Å²) in [6.45, 7) is 2.20. The highest BCUT2D eigenvalue weighted by atomic mass is 32.2. The van der Waals surface area contributed by atoms with Gasteiger partial charge in [-0.25, -0.2) is 4.79 Å². The zero-order chi connectivity index (χ0) is 20.9. The number of esters is 1. The van der Waals surface area contributed by atoms with Gasteiger partial charge in [0.25, 0.3) is 5.91 Å². The van der Waals surface area contributed by atoms with Gasteiger partial charge >= 0.3 is 5.97 Å². The first-order valence-corrected chi connectivity index (χ1v) is 11.5. The molecule has 1 aromatic rings. The van der Waals surface area contributed by atoms with Crippen LogP contribution >= 0.6 is 11.8 Å². The molecule has 0 unspecified atom stereocenters. The number of nitrogens with one attached hydrogen (secondary N) is 2. The van der Waals surface area contributed by atoms with Crippen molar-refractivity contribution < 1.29 is 19.1 Å². The van der Waals surface area contributed by atoms with E-state index in [1.54, 1.807) is 18.2 Å². The number of thioether (sulfide) groups is 1. The van der Waals surface area contributed by atoms with Gasteiger partial charge in [0.2, 0.25) is 5.91 Å². The Morgan fingerprint density at radius 2 is 1.72 bits per heavy atom. The van der Waals surface area contributed by atoms with Crippen LogP contribution in [0.2, 0.25) is 0 Å². The SMILES string of the molecule is CCCNC(=O)COC(=O)c1ccccc1SCC(=O)NC1CCCCCCC1. The first-order valence-electron chi connectivity index (χ1n) is 10.5. The molecule has 0 aliphatic heterocycles. The molecule has 1 fully saturated rings. The number of ether oxygens (including phenoxy) is 1. The number of carbonyl (C=O) groups is 3. The van der Waals surface area contributed by atoms with E-state index in [9.17, 15) is 14.4 Å². The minimum absolute atomic E-state index is 0.0114. The Hall–Kier alpha value is -2.02. The smallest absolute Gasteiger partial charge is 0.339 e. The molecule has 1 aliphatic carbocycles. The van der Waals surface area contributed by atoms with Gasteiger partial charge in [0.15, 0.2) is 6.61 Å². The maximum Gasteiger partial charge on any atom is 0.339 e. The third-order valence-electron chi connectivity index (χ3n) is 4.84. The van der Waals surface area contributed by atoms with Gasteiger partial charge in [-0.1, -0.05) is 51.2 Å². The lowest BCUT2D eigenvalue weighted by molar-refractivity contribution is -0.124. The van der Waals surface area contributed by atoms with Crippen molar-refractivity contribution in [3.63, 3.8) is 0 Å². The molecule has 7 heteroatoms. The van der Waals surface area contributed by atoms with Crippen molar-refractivity contribution in [2.24, 2.45) is 0 Å². The molecule has 0 saturated heterocycles. The van der Waals surface area contributed by atoms with E-state index in [0.717, 1.165) is 19.3 Å². The fourth-order valence-electron chi connectivity index (χ4n) is 3.30. The van der Waals surface area contributed by atoms with Gasteiger partial charge in [0.1, 0.15) is 0 Å². The first kappa shape index (κ1) is 23.3. The van der Waals surface area contributed by atoms with Crippen LogP contribution in [0.3, 0.4) is 0 Å². The molecule has 0 heterocycles. The van der Waals surface area contributed by atoms with E-state index >= 15 is 0 Å². The normalized spacial score (nSPS) is 15.1. The van der Waals surface area contributed by atoms with Crippen molar-refractivity contribution in [3.05, 3.63) is 29.8 Å². The molecule has 0 bridgehead atoms. The van der Waals surface area contributed by atoms with Crippen LogP contribution in [0.15, 0.2) is 29.2 Å². The molecule has 0 radical (unpaired) electrons. The lowest BCUT2D eigenvalue weighted by Crippen LogP contribution is -2.36. The summed E-state index contributed by atoms with van der Waals surface area (Å²) in [7, 11) is 0. The Labute approximate surface area is 177 Å². The van der Waals surface area contributed by atoms with Crippen molar-refractivity contribution in [3.8, 4) is 0 Å². The van der Waals surface area contributed by atoms with Crippen molar-refractivity contribution in [1.82, 2.24) is 10.6 Å². The number of benzene rings is 1. The molecule has 160 valence electrons. The van der Waals surface area contributed by atoms with E-state index in [0.29, 0.717) is 17.0 Å². The number of amides is 2. The summed E-state index contributed by atoms with van der Waals surface area (Å²) in [5.41, 5.74) is 0.375. The molecule has 0 spiro atoms. The highest BCUT2D eigenvalue weighted by Crippen LogP contribution is 2.24. The topological polar surface area (TPSA) is 84.5 Å². The van der Waals surface area contributed by atoms with Gasteiger partial charge in [-0.3, -0.25) is 9.59 Å². The summed E-state index contributed by atoms with van der Waals surface area (Å²) in [5.74, 6) is -0.635. The van der Waals surface area contributed by atoms with Gasteiger partial charge in [0, 0.05) is 17.5 Å².